The highest BCUT2D eigenvalue weighted by Crippen LogP contribution is 1.93. The van der Waals surface area contributed by atoms with Crippen LogP contribution >= 0.6 is 0 Å². The molecular weight excluding hydrogens is 128 g/mol. The molecule has 0 saturated heterocycles. The maximum atomic E-state index is 10.7. The molecule has 0 aromatic heterocycles. The molecule has 0 bridgehead atoms. The maximum Gasteiger partial charge on any atom is 0.333 e. The van der Waals surface area contributed by atoms with Crippen molar-refractivity contribution >= 4 is 5.97 Å². The molecule has 2 heteroatoms. The number of rotatable bonds is 4. The fourth-order valence-electron chi connectivity index (χ4n) is 0.376. The first kappa shape index (κ1) is 9.21. The van der Waals surface area contributed by atoms with Crippen LogP contribution in [0.1, 0.15) is 20.3 Å². The molecule has 0 heterocycles. The number of esters is 1. The van der Waals surface area contributed by atoms with Crippen molar-refractivity contribution < 1.29 is 9.53 Å². The van der Waals surface area contributed by atoms with Crippen molar-refractivity contribution in [1.82, 2.24) is 0 Å². The minimum Gasteiger partial charge on any atom is -0.462 e. The van der Waals surface area contributed by atoms with Gasteiger partial charge in [0.25, 0.3) is 0 Å². The topological polar surface area (TPSA) is 26.3 Å². The van der Waals surface area contributed by atoms with Crippen molar-refractivity contribution in [1.29, 1.82) is 0 Å². The molecule has 0 aromatic rings. The summed E-state index contributed by atoms with van der Waals surface area (Å²) in [5.74, 6) is -0.315. The molecule has 0 aliphatic heterocycles. The van der Waals surface area contributed by atoms with E-state index in [1.165, 1.54) is 0 Å². The van der Waals surface area contributed by atoms with Gasteiger partial charge >= 0.3 is 5.97 Å². The average molecular weight is 141 g/mol. The Morgan fingerprint density at radius 1 is 1.70 bits per heavy atom. The van der Waals surface area contributed by atoms with Gasteiger partial charge in [0.1, 0.15) is 0 Å². The van der Waals surface area contributed by atoms with E-state index in [-0.39, 0.29) is 5.97 Å². The SMILES string of the molecule is C=C(C)C(=O)OC[CH]CC. The molecule has 0 aromatic carbocycles. The molecule has 0 atom stereocenters. The van der Waals surface area contributed by atoms with Crippen LogP contribution < -0.4 is 0 Å². The second-order valence-corrected chi connectivity index (χ2v) is 2.08. The molecule has 0 saturated carbocycles. The molecule has 0 spiro atoms. The van der Waals surface area contributed by atoms with Gasteiger partial charge in [0, 0.05) is 5.57 Å². The molecule has 1 radical (unpaired) electrons. The van der Waals surface area contributed by atoms with Crippen molar-refractivity contribution in [3.05, 3.63) is 18.6 Å². The summed E-state index contributed by atoms with van der Waals surface area (Å²) in [6.07, 6.45) is 2.81. The predicted octanol–water partition coefficient (Wildman–Crippen LogP) is 1.72. The van der Waals surface area contributed by atoms with Gasteiger partial charge in [-0.1, -0.05) is 13.5 Å². The third-order valence-electron chi connectivity index (χ3n) is 0.969. The highest BCUT2D eigenvalue weighted by molar-refractivity contribution is 5.86. The smallest absolute Gasteiger partial charge is 0.333 e. The molecule has 0 aliphatic rings. The molecule has 0 unspecified atom stereocenters. The Bertz CT molecular complexity index is 127. The molecule has 0 amide bonds. The van der Waals surface area contributed by atoms with Gasteiger partial charge in [-0.2, -0.15) is 0 Å². The zero-order valence-corrected chi connectivity index (χ0v) is 6.52. The van der Waals surface area contributed by atoms with E-state index in [9.17, 15) is 4.79 Å². The summed E-state index contributed by atoms with van der Waals surface area (Å²) in [5.41, 5.74) is 0.449. The first-order chi connectivity index (χ1) is 4.68. The summed E-state index contributed by atoms with van der Waals surface area (Å²) in [4.78, 5) is 10.7. The minimum absolute atomic E-state index is 0.315. The third kappa shape index (κ3) is 4.13. The van der Waals surface area contributed by atoms with Gasteiger partial charge < -0.3 is 4.74 Å². The van der Waals surface area contributed by atoms with Crippen molar-refractivity contribution in [3.63, 3.8) is 0 Å². The van der Waals surface area contributed by atoms with Crippen LogP contribution in [0.2, 0.25) is 0 Å². The summed E-state index contributed by atoms with van der Waals surface area (Å²) in [5, 5.41) is 0. The molecule has 0 N–H and O–H groups in total. The van der Waals surface area contributed by atoms with Gasteiger partial charge in [0.15, 0.2) is 0 Å². The molecule has 0 aliphatic carbocycles. The van der Waals surface area contributed by atoms with Crippen LogP contribution in [-0.2, 0) is 9.53 Å². The second kappa shape index (κ2) is 5.03. The van der Waals surface area contributed by atoms with Crippen molar-refractivity contribution in [2.45, 2.75) is 20.3 Å². The number of hydrogen-bond acceptors (Lipinski definition) is 2. The van der Waals surface area contributed by atoms with E-state index >= 15 is 0 Å². The average Bonchev–Trinajstić information content (AvgIpc) is 1.88. The number of carbonyl (C=O) groups is 1. The van der Waals surface area contributed by atoms with Gasteiger partial charge in [-0.05, 0) is 19.8 Å². The van der Waals surface area contributed by atoms with Crippen LogP contribution in [-0.4, -0.2) is 12.6 Å². The maximum absolute atomic E-state index is 10.7. The van der Waals surface area contributed by atoms with E-state index in [1.54, 1.807) is 6.92 Å². The monoisotopic (exact) mass is 141 g/mol. The van der Waals surface area contributed by atoms with Crippen molar-refractivity contribution in [2.75, 3.05) is 6.61 Å². The van der Waals surface area contributed by atoms with Crippen LogP contribution in [0.15, 0.2) is 12.2 Å². The van der Waals surface area contributed by atoms with E-state index in [0.717, 1.165) is 6.42 Å². The van der Waals surface area contributed by atoms with Gasteiger partial charge in [0.2, 0.25) is 0 Å². The number of ether oxygens (including phenoxy) is 1. The van der Waals surface area contributed by atoms with E-state index < -0.39 is 0 Å². The van der Waals surface area contributed by atoms with Crippen LogP contribution in [0.25, 0.3) is 0 Å². The van der Waals surface area contributed by atoms with E-state index in [1.807, 2.05) is 13.3 Å². The Morgan fingerprint density at radius 2 is 2.30 bits per heavy atom. The fourth-order valence-corrected chi connectivity index (χ4v) is 0.376. The first-order valence-corrected chi connectivity index (χ1v) is 3.32. The van der Waals surface area contributed by atoms with Crippen LogP contribution in [0.3, 0.4) is 0 Å². The van der Waals surface area contributed by atoms with Gasteiger partial charge in [-0.25, -0.2) is 4.79 Å². The summed E-state index contributed by atoms with van der Waals surface area (Å²) >= 11 is 0. The standard InChI is InChI=1S/C8H13O2/c1-4-5-6-10-8(9)7(2)3/h5H,2,4,6H2,1,3H3. The predicted molar refractivity (Wildman–Crippen MR) is 40.4 cm³/mol. The molecular formula is C8H13O2. The largest absolute Gasteiger partial charge is 0.462 e. The Kier molecular flexibility index (Phi) is 4.63. The lowest BCUT2D eigenvalue weighted by molar-refractivity contribution is -0.138. The van der Waals surface area contributed by atoms with E-state index in [4.69, 9.17) is 4.74 Å². The minimum atomic E-state index is -0.315. The van der Waals surface area contributed by atoms with Crippen LogP contribution in [0.5, 0.6) is 0 Å². The summed E-state index contributed by atoms with van der Waals surface area (Å²) in [6.45, 7) is 7.46. The summed E-state index contributed by atoms with van der Waals surface area (Å²) in [6, 6.07) is 0. The fraction of sp³-hybridized carbons (Fsp3) is 0.500. The van der Waals surface area contributed by atoms with Crippen molar-refractivity contribution in [3.8, 4) is 0 Å². The van der Waals surface area contributed by atoms with E-state index in [0.29, 0.717) is 12.2 Å². The third-order valence-corrected chi connectivity index (χ3v) is 0.969. The zero-order valence-electron chi connectivity index (χ0n) is 6.52. The molecule has 10 heavy (non-hydrogen) atoms. The highest BCUT2D eigenvalue weighted by Gasteiger charge is 2.00. The van der Waals surface area contributed by atoms with Gasteiger partial charge in [-0.3, -0.25) is 0 Å². The normalized spacial score (nSPS) is 9.00. The van der Waals surface area contributed by atoms with Crippen molar-refractivity contribution in [2.24, 2.45) is 0 Å². The van der Waals surface area contributed by atoms with Crippen LogP contribution in [0.4, 0.5) is 0 Å². The molecule has 2 nitrogen and oxygen atoms in total. The summed E-state index contributed by atoms with van der Waals surface area (Å²) in [7, 11) is 0. The Labute approximate surface area is 61.9 Å². The molecule has 0 fully saturated rings. The Balaban J connectivity index is 3.31. The quantitative estimate of drug-likeness (QED) is 0.338. The molecule has 0 rings (SSSR count). The zero-order chi connectivity index (χ0) is 7.98. The Hall–Kier alpha value is -0.790. The van der Waals surface area contributed by atoms with Gasteiger partial charge in [0.05, 0.1) is 6.61 Å². The first-order valence-electron chi connectivity index (χ1n) is 3.32. The highest BCUT2D eigenvalue weighted by atomic mass is 16.5. The Morgan fingerprint density at radius 3 is 2.70 bits per heavy atom. The number of carbonyl (C=O) groups excluding carboxylic acids is 1. The van der Waals surface area contributed by atoms with E-state index in [2.05, 4.69) is 6.58 Å². The number of hydrogen-bond donors (Lipinski definition) is 0. The van der Waals surface area contributed by atoms with Crippen LogP contribution in [0, 0.1) is 6.42 Å². The van der Waals surface area contributed by atoms with Gasteiger partial charge in [-0.15, -0.1) is 0 Å². The second-order valence-electron chi connectivity index (χ2n) is 2.08. The summed E-state index contributed by atoms with van der Waals surface area (Å²) < 4.78 is 4.75. The lowest BCUT2D eigenvalue weighted by atomic mass is 10.3. The lowest BCUT2D eigenvalue weighted by Gasteiger charge is -2.00. The number of unbranched alkanes of at least 4 members (excludes halogenated alkanes) is 1. The lowest BCUT2D eigenvalue weighted by Crippen LogP contribution is -2.05. The molecule has 57 valence electrons.